The van der Waals surface area contributed by atoms with Gasteiger partial charge < -0.3 is 15.5 Å². The Labute approximate surface area is 155 Å². The highest BCUT2D eigenvalue weighted by molar-refractivity contribution is 6.11. The number of anilines is 2. The summed E-state index contributed by atoms with van der Waals surface area (Å²) in [5.74, 6) is -0.621. The van der Waals surface area contributed by atoms with Crippen molar-refractivity contribution in [2.24, 2.45) is 0 Å². The highest BCUT2D eigenvalue weighted by Crippen LogP contribution is 2.31. The van der Waals surface area contributed by atoms with Gasteiger partial charge in [0.05, 0.1) is 11.3 Å². The predicted octanol–water partition coefficient (Wildman–Crippen LogP) is 1.71. The van der Waals surface area contributed by atoms with Gasteiger partial charge in [-0.1, -0.05) is 0 Å². The van der Waals surface area contributed by atoms with Crippen LogP contribution in [-0.4, -0.2) is 45.4 Å². The average Bonchev–Trinajstić information content (AvgIpc) is 3.37. The molecular formula is C19H19N5O3. The van der Waals surface area contributed by atoms with E-state index in [9.17, 15) is 14.4 Å². The lowest BCUT2D eigenvalue weighted by Crippen LogP contribution is -2.40. The summed E-state index contributed by atoms with van der Waals surface area (Å²) in [6, 6.07) is 4.57. The smallest absolute Gasteiger partial charge is 0.276 e. The van der Waals surface area contributed by atoms with E-state index in [4.69, 9.17) is 0 Å². The molecular weight excluding hydrogens is 346 g/mol. The topological polar surface area (TPSA) is 107 Å². The van der Waals surface area contributed by atoms with Crippen LogP contribution in [0.5, 0.6) is 0 Å². The van der Waals surface area contributed by atoms with Gasteiger partial charge in [0.15, 0.2) is 5.69 Å². The van der Waals surface area contributed by atoms with E-state index < -0.39 is 6.04 Å². The van der Waals surface area contributed by atoms with Gasteiger partial charge in [0.25, 0.3) is 11.8 Å². The summed E-state index contributed by atoms with van der Waals surface area (Å²) in [6.07, 6.45) is 4.28. The van der Waals surface area contributed by atoms with E-state index in [0.29, 0.717) is 35.6 Å². The molecule has 1 aromatic carbocycles. The third kappa shape index (κ3) is 2.51. The van der Waals surface area contributed by atoms with Gasteiger partial charge in [-0.25, -0.2) is 0 Å². The van der Waals surface area contributed by atoms with Gasteiger partial charge in [0.1, 0.15) is 6.04 Å². The van der Waals surface area contributed by atoms with Gasteiger partial charge in [-0.05, 0) is 50.3 Å². The van der Waals surface area contributed by atoms with E-state index in [1.54, 1.807) is 23.1 Å². The van der Waals surface area contributed by atoms with Crippen LogP contribution < -0.4 is 10.6 Å². The Balaban J connectivity index is 1.44. The predicted molar refractivity (Wildman–Crippen MR) is 97.7 cm³/mol. The van der Waals surface area contributed by atoms with E-state index >= 15 is 0 Å². The molecule has 27 heavy (non-hydrogen) atoms. The van der Waals surface area contributed by atoms with Crippen LogP contribution >= 0.6 is 0 Å². The minimum Gasteiger partial charge on any atom is -0.327 e. The monoisotopic (exact) mass is 365 g/mol. The van der Waals surface area contributed by atoms with Crippen LogP contribution in [0.1, 0.15) is 51.4 Å². The molecule has 3 aliphatic rings. The first-order valence-electron chi connectivity index (χ1n) is 9.25. The molecule has 0 saturated carbocycles. The molecule has 8 nitrogen and oxygen atoms in total. The molecule has 2 aliphatic heterocycles. The molecule has 1 atom stereocenters. The number of hydrogen-bond donors (Lipinski definition) is 3. The van der Waals surface area contributed by atoms with Crippen molar-refractivity contribution < 1.29 is 14.4 Å². The molecule has 3 amide bonds. The molecule has 5 rings (SSSR count). The number of aromatic nitrogens is 2. The zero-order chi connectivity index (χ0) is 18.5. The Morgan fingerprint density at radius 3 is 3.00 bits per heavy atom. The summed E-state index contributed by atoms with van der Waals surface area (Å²) in [5.41, 5.74) is 3.81. The number of aromatic amines is 1. The van der Waals surface area contributed by atoms with Gasteiger partial charge in [0, 0.05) is 23.5 Å². The molecule has 8 heteroatoms. The summed E-state index contributed by atoms with van der Waals surface area (Å²) < 4.78 is 0. The number of nitrogens with one attached hydrogen (secondary N) is 3. The van der Waals surface area contributed by atoms with Crippen LogP contribution in [0.3, 0.4) is 0 Å². The number of rotatable bonds is 2. The summed E-state index contributed by atoms with van der Waals surface area (Å²) in [5, 5.41) is 12.7. The number of carbonyl (C=O) groups excluding carboxylic acids is 3. The number of amides is 3. The van der Waals surface area contributed by atoms with Crippen molar-refractivity contribution in [3.8, 4) is 0 Å². The van der Waals surface area contributed by atoms with E-state index in [-0.39, 0.29) is 17.7 Å². The fraction of sp³-hybridized carbons (Fsp3) is 0.368. The molecule has 1 saturated heterocycles. The number of aryl methyl sites for hydroxylation is 1. The largest absolute Gasteiger partial charge is 0.327 e. The van der Waals surface area contributed by atoms with Gasteiger partial charge in [0.2, 0.25) is 5.91 Å². The second kappa shape index (κ2) is 5.94. The molecule has 1 aliphatic carbocycles. The molecule has 3 heterocycles. The third-order valence-electron chi connectivity index (χ3n) is 5.60. The van der Waals surface area contributed by atoms with E-state index in [1.165, 1.54) is 0 Å². The fourth-order valence-electron chi connectivity index (χ4n) is 4.26. The van der Waals surface area contributed by atoms with Crippen molar-refractivity contribution in [3.05, 3.63) is 40.7 Å². The van der Waals surface area contributed by atoms with Crippen LogP contribution in [0.15, 0.2) is 18.2 Å². The fourth-order valence-corrected chi connectivity index (χ4v) is 4.26. The number of fused-ring (bicyclic) bond motifs is 3. The first-order chi connectivity index (χ1) is 13.1. The highest BCUT2D eigenvalue weighted by Gasteiger charge is 2.38. The Morgan fingerprint density at radius 2 is 2.11 bits per heavy atom. The molecule has 2 aromatic rings. The SMILES string of the molecule is O=C(Nc1ccc2c(c1)C(=O)N1CCC[C@@H]1C(=O)N2)c1n[nH]c2c1CCC2. The Morgan fingerprint density at radius 1 is 1.22 bits per heavy atom. The number of carbonyl (C=O) groups is 3. The van der Waals surface area contributed by atoms with Crippen molar-refractivity contribution in [1.29, 1.82) is 0 Å². The number of nitrogens with zero attached hydrogens (tertiary/aromatic N) is 2. The van der Waals surface area contributed by atoms with E-state index in [0.717, 1.165) is 36.9 Å². The second-order valence-corrected chi connectivity index (χ2v) is 7.24. The maximum absolute atomic E-state index is 12.9. The lowest BCUT2D eigenvalue weighted by atomic mass is 10.1. The first kappa shape index (κ1) is 16.0. The molecule has 138 valence electrons. The van der Waals surface area contributed by atoms with Crippen LogP contribution in [0.4, 0.5) is 11.4 Å². The quantitative estimate of drug-likeness (QED) is 0.753. The third-order valence-corrected chi connectivity index (χ3v) is 5.60. The van der Waals surface area contributed by atoms with Crippen molar-refractivity contribution >= 4 is 29.1 Å². The molecule has 0 radical (unpaired) electrons. The summed E-state index contributed by atoms with van der Waals surface area (Å²) in [6.45, 7) is 0.576. The molecule has 0 spiro atoms. The number of H-pyrrole nitrogens is 1. The normalized spacial score (nSPS) is 20.6. The lowest BCUT2D eigenvalue weighted by Gasteiger charge is -2.20. The molecule has 3 N–H and O–H groups in total. The van der Waals surface area contributed by atoms with Crippen molar-refractivity contribution in [3.63, 3.8) is 0 Å². The van der Waals surface area contributed by atoms with Crippen LogP contribution in [0, 0.1) is 0 Å². The van der Waals surface area contributed by atoms with Gasteiger partial charge in [-0.3, -0.25) is 19.5 Å². The van der Waals surface area contributed by atoms with E-state index in [2.05, 4.69) is 20.8 Å². The summed E-state index contributed by atoms with van der Waals surface area (Å²) >= 11 is 0. The average molecular weight is 365 g/mol. The Kier molecular flexibility index (Phi) is 3.53. The summed E-state index contributed by atoms with van der Waals surface area (Å²) in [4.78, 5) is 39.5. The standard InChI is InChI=1S/C19H19N5O3/c25-17-15-5-2-8-24(15)19(27)12-9-10(6-7-13(12)21-17)20-18(26)16-11-3-1-4-14(11)22-23-16/h6-7,9,15H,1-5,8H2,(H,20,26)(H,21,25)(H,22,23)/t15-/m1/s1. The molecule has 0 unspecified atom stereocenters. The van der Waals surface area contributed by atoms with Crippen molar-refractivity contribution in [2.75, 3.05) is 17.2 Å². The number of benzene rings is 1. The van der Waals surface area contributed by atoms with Crippen LogP contribution in [0.2, 0.25) is 0 Å². The van der Waals surface area contributed by atoms with Crippen molar-refractivity contribution in [1.82, 2.24) is 15.1 Å². The van der Waals surface area contributed by atoms with Crippen LogP contribution in [0.25, 0.3) is 0 Å². The molecule has 1 fully saturated rings. The molecule has 1 aromatic heterocycles. The second-order valence-electron chi connectivity index (χ2n) is 7.24. The maximum Gasteiger partial charge on any atom is 0.276 e. The summed E-state index contributed by atoms with van der Waals surface area (Å²) in [7, 11) is 0. The zero-order valence-corrected chi connectivity index (χ0v) is 14.7. The van der Waals surface area contributed by atoms with Crippen LogP contribution in [-0.2, 0) is 17.6 Å². The minimum absolute atomic E-state index is 0.150. The van der Waals surface area contributed by atoms with Gasteiger partial charge in [-0.15, -0.1) is 0 Å². The zero-order valence-electron chi connectivity index (χ0n) is 14.7. The highest BCUT2D eigenvalue weighted by atomic mass is 16.2. The van der Waals surface area contributed by atoms with Gasteiger partial charge in [-0.2, -0.15) is 5.10 Å². The first-order valence-corrected chi connectivity index (χ1v) is 9.25. The number of hydrogen-bond acceptors (Lipinski definition) is 4. The Bertz CT molecular complexity index is 980. The maximum atomic E-state index is 12.9. The van der Waals surface area contributed by atoms with Crippen molar-refractivity contribution in [2.45, 2.75) is 38.1 Å². The lowest BCUT2D eigenvalue weighted by molar-refractivity contribution is -0.119. The van der Waals surface area contributed by atoms with Gasteiger partial charge >= 0.3 is 0 Å². The van der Waals surface area contributed by atoms with E-state index in [1.807, 2.05) is 0 Å². The minimum atomic E-state index is -0.408. The Hall–Kier alpha value is -3.16. The molecule has 0 bridgehead atoms.